The molecule has 102 valence electrons. The number of H-pyrrole nitrogens is 1. The van der Waals surface area contributed by atoms with Crippen LogP contribution in [0, 0.1) is 11.6 Å². The molecule has 0 fully saturated rings. The predicted molar refractivity (Wildman–Crippen MR) is 69.5 cm³/mol. The standard InChI is InChI=1S/C14H17F2N3/c1-3-13(14-17-6-7-18-14)19-9(2)11-5-4-10(15)8-12(11)16/h4-9,13,19H,3H2,1-2H3,(H,17,18). The molecule has 1 aromatic carbocycles. The molecular formula is C14H17F2N3. The molecule has 2 N–H and O–H groups in total. The molecule has 2 atom stereocenters. The summed E-state index contributed by atoms with van der Waals surface area (Å²) in [6.07, 6.45) is 4.26. The Balaban J connectivity index is 2.13. The molecule has 1 heterocycles. The fourth-order valence-corrected chi connectivity index (χ4v) is 2.10. The van der Waals surface area contributed by atoms with Crippen LogP contribution < -0.4 is 5.32 Å². The van der Waals surface area contributed by atoms with Crippen LogP contribution in [0.4, 0.5) is 8.78 Å². The minimum absolute atomic E-state index is 0.00875. The van der Waals surface area contributed by atoms with Crippen LogP contribution in [-0.4, -0.2) is 9.97 Å². The van der Waals surface area contributed by atoms with Gasteiger partial charge in [0, 0.05) is 30.1 Å². The summed E-state index contributed by atoms with van der Waals surface area (Å²) in [4.78, 5) is 7.24. The van der Waals surface area contributed by atoms with Gasteiger partial charge in [-0.2, -0.15) is 0 Å². The third kappa shape index (κ3) is 3.17. The lowest BCUT2D eigenvalue weighted by Gasteiger charge is -2.21. The van der Waals surface area contributed by atoms with Gasteiger partial charge in [0.15, 0.2) is 0 Å². The Hall–Kier alpha value is -1.75. The molecule has 0 bridgehead atoms. The van der Waals surface area contributed by atoms with E-state index in [1.54, 1.807) is 12.4 Å². The van der Waals surface area contributed by atoms with Gasteiger partial charge in [0.1, 0.15) is 17.5 Å². The van der Waals surface area contributed by atoms with Gasteiger partial charge in [-0.05, 0) is 19.4 Å². The zero-order valence-electron chi connectivity index (χ0n) is 11.0. The van der Waals surface area contributed by atoms with Crippen LogP contribution in [0.3, 0.4) is 0 Å². The van der Waals surface area contributed by atoms with Crippen molar-refractivity contribution in [3.63, 3.8) is 0 Å². The Bertz CT molecular complexity index is 525. The Morgan fingerprint density at radius 2 is 2.16 bits per heavy atom. The van der Waals surface area contributed by atoms with E-state index < -0.39 is 11.6 Å². The first-order valence-corrected chi connectivity index (χ1v) is 6.32. The topological polar surface area (TPSA) is 40.7 Å². The molecule has 5 heteroatoms. The number of nitrogens with one attached hydrogen (secondary N) is 2. The van der Waals surface area contributed by atoms with Crippen molar-refractivity contribution >= 4 is 0 Å². The second kappa shape index (κ2) is 5.93. The summed E-state index contributed by atoms with van der Waals surface area (Å²) in [6.45, 7) is 3.87. The minimum Gasteiger partial charge on any atom is -0.347 e. The van der Waals surface area contributed by atoms with Crippen LogP contribution in [-0.2, 0) is 0 Å². The van der Waals surface area contributed by atoms with Gasteiger partial charge >= 0.3 is 0 Å². The summed E-state index contributed by atoms with van der Waals surface area (Å²) >= 11 is 0. The molecule has 3 nitrogen and oxygen atoms in total. The Morgan fingerprint density at radius 3 is 2.74 bits per heavy atom. The zero-order valence-corrected chi connectivity index (χ0v) is 11.0. The van der Waals surface area contributed by atoms with Crippen molar-refractivity contribution in [3.05, 3.63) is 53.6 Å². The van der Waals surface area contributed by atoms with Gasteiger partial charge in [-0.15, -0.1) is 0 Å². The van der Waals surface area contributed by atoms with Crippen molar-refractivity contribution in [2.24, 2.45) is 0 Å². The Labute approximate surface area is 111 Å². The van der Waals surface area contributed by atoms with Gasteiger partial charge in [-0.3, -0.25) is 0 Å². The van der Waals surface area contributed by atoms with Gasteiger partial charge in [-0.1, -0.05) is 13.0 Å². The van der Waals surface area contributed by atoms with Gasteiger partial charge in [0.25, 0.3) is 0 Å². The van der Waals surface area contributed by atoms with E-state index in [1.807, 2.05) is 13.8 Å². The first-order chi connectivity index (χ1) is 9.11. The molecule has 1 aromatic heterocycles. The number of imidazole rings is 1. The predicted octanol–water partition coefficient (Wildman–Crippen LogP) is 3.49. The van der Waals surface area contributed by atoms with Crippen molar-refractivity contribution in [1.82, 2.24) is 15.3 Å². The molecular weight excluding hydrogens is 248 g/mol. The molecule has 0 aliphatic rings. The number of hydrogen-bond acceptors (Lipinski definition) is 2. The number of benzene rings is 1. The highest BCUT2D eigenvalue weighted by Crippen LogP contribution is 2.22. The normalized spacial score (nSPS) is 14.3. The lowest BCUT2D eigenvalue weighted by atomic mass is 10.1. The molecule has 2 aromatic rings. The fourth-order valence-electron chi connectivity index (χ4n) is 2.10. The minimum atomic E-state index is -0.563. The Morgan fingerprint density at radius 1 is 1.37 bits per heavy atom. The smallest absolute Gasteiger partial charge is 0.130 e. The number of rotatable bonds is 5. The average Bonchev–Trinajstić information content (AvgIpc) is 2.89. The summed E-state index contributed by atoms with van der Waals surface area (Å²) in [6, 6.07) is 3.42. The molecule has 2 unspecified atom stereocenters. The molecule has 0 spiro atoms. The van der Waals surface area contributed by atoms with Crippen molar-refractivity contribution < 1.29 is 8.78 Å². The van der Waals surface area contributed by atoms with E-state index in [-0.39, 0.29) is 12.1 Å². The van der Waals surface area contributed by atoms with Crippen LogP contribution in [0.25, 0.3) is 0 Å². The third-order valence-corrected chi connectivity index (χ3v) is 3.14. The van der Waals surface area contributed by atoms with Crippen LogP contribution in [0.2, 0.25) is 0 Å². The SMILES string of the molecule is CCC(NC(C)c1ccc(F)cc1F)c1ncc[nH]1. The Kier molecular flexibility index (Phi) is 4.27. The largest absolute Gasteiger partial charge is 0.347 e. The van der Waals surface area contributed by atoms with Gasteiger partial charge in [0.05, 0.1) is 6.04 Å². The third-order valence-electron chi connectivity index (χ3n) is 3.14. The maximum Gasteiger partial charge on any atom is 0.130 e. The number of hydrogen-bond donors (Lipinski definition) is 2. The van der Waals surface area contributed by atoms with Crippen LogP contribution in [0.1, 0.15) is 43.7 Å². The highest BCUT2D eigenvalue weighted by atomic mass is 19.1. The van der Waals surface area contributed by atoms with Crippen LogP contribution in [0.5, 0.6) is 0 Å². The molecule has 19 heavy (non-hydrogen) atoms. The number of aromatic nitrogens is 2. The summed E-state index contributed by atoms with van der Waals surface area (Å²) in [5.41, 5.74) is 0.450. The number of aromatic amines is 1. The average molecular weight is 265 g/mol. The van der Waals surface area contributed by atoms with Crippen LogP contribution >= 0.6 is 0 Å². The van der Waals surface area contributed by atoms with Crippen molar-refractivity contribution in [3.8, 4) is 0 Å². The molecule has 0 saturated heterocycles. The molecule has 0 saturated carbocycles. The van der Waals surface area contributed by atoms with Crippen LogP contribution in [0.15, 0.2) is 30.6 Å². The highest BCUT2D eigenvalue weighted by molar-refractivity contribution is 5.22. The van der Waals surface area contributed by atoms with Gasteiger partial charge < -0.3 is 10.3 Å². The highest BCUT2D eigenvalue weighted by Gasteiger charge is 2.18. The molecule has 0 aliphatic heterocycles. The fraction of sp³-hybridized carbons (Fsp3) is 0.357. The van der Waals surface area contributed by atoms with E-state index in [0.29, 0.717) is 5.56 Å². The summed E-state index contributed by atoms with van der Waals surface area (Å²) in [5, 5.41) is 3.29. The monoisotopic (exact) mass is 265 g/mol. The molecule has 0 aliphatic carbocycles. The molecule has 2 rings (SSSR count). The first-order valence-electron chi connectivity index (χ1n) is 6.32. The van der Waals surface area contributed by atoms with E-state index >= 15 is 0 Å². The lowest BCUT2D eigenvalue weighted by Crippen LogP contribution is -2.25. The van der Waals surface area contributed by atoms with Crippen molar-refractivity contribution in [2.45, 2.75) is 32.4 Å². The first kappa shape index (κ1) is 13.7. The summed E-state index contributed by atoms with van der Waals surface area (Å²) < 4.78 is 26.6. The van der Waals surface area contributed by atoms with Crippen molar-refractivity contribution in [2.75, 3.05) is 0 Å². The lowest BCUT2D eigenvalue weighted by molar-refractivity contribution is 0.428. The van der Waals surface area contributed by atoms with E-state index in [0.717, 1.165) is 18.3 Å². The van der Waals surface area contributed by atoms with Gasteiger partial charge in [-0.25, -0.2) is 13.8 Å². The maximum atomic E-state index is 13.7. The second-order valence-electron chi connectivity index (χ2n) is 4.49. The molecule has 0 radical (unpaired) electrons. The maximum absolute atomic E-state index is 13.7. The molecule has 0 amide bonds. The zero-order chi connectivity index (χ0) is 13.8. The van der Waals surface area contributed by atoms with E-state index in [4.69, 9.17) is 0 Å². The van der Waals surface area contributed by atoms with Gasteiger partial charge in [0.2, 0.25) is 0 Å². The quantitative estimate of drug-likeness (QED) is 0.868. The van der Waals surface area contributed by atoms with E-state index in [9.17, 15) is 8.78 Å². The van der Waals surface area contributed by atoms with Crippen molar-refractivity contribution in [1.29, 1.82) is 0 Å². The summed E-state index contributed by atoms with van der Waals surface area (Å²) in [7, 11) is 0. The number of nitrogens with zero attached hydrogens (tertiary/aromatic N) is 1. The number of halogens is 2. The summed E-state index contributed by atoms with van der Waals surface area (Å²) in [5.74, 6) is -0.280. The van der Waals surface area contributed by atoms with E-state index in [2.05, 4.69) is 15.3 Å². The van der Waals surface area contributed by atoms with E-state index in [1.165, 1.54) is 12.1 Å². The second-order valence-corrected chi connectivity index (χ2v) is 4.49.